The first-order valence-corrected chi connectivity index (χ1v) is 6.76. The summed E-state index contributed by atoms with van der Waals surface area (Å²) >= 11 is 3.24. The fraction of sp³-hybridized carbons (Fsp3) is 0.357. The molecule has 4 heteroatoms. The van der Waals surface area contributed by atoms with Gasteiger partial charge in [0.2, 0.25) is 5.78 Å². The Balaban J connectivity index is 2.11. The van der Waals surface area contributed by atoms with Crippen LogP contribution in [0.1, 0.15) is 24.8 Å². The number of phenolic OH excluding ortho intramolecular Hbond substituents is 1. The van der Waals surface area contributed by atoms with Crippen LogP contribution < -0.4 is 0 Å². The molecule has 1 saturated carbocycles. The van der Waals surface area contributed by atoms with Crippen LogP contribution in [0.25, 0.3) is 5.57 Å². The minimum absolute atomic E-state index is 0.165. The Morgan fingerprint density at radius 1 is 1.33 bits per heavy atom. The summed E-state index contributed by atoms with van der Waals surface area (Å²) in [5.41, 5.74) is -0.161. The second-order valence-electron chi connectivity index (χ2n) is 4.91. The Hall–Kier alpha value is -1.16. The summed E-state index contributed by atoms with van der Waals surface area (Å²) in [5.74, 6) is -0.602. The number of rotatable bonds is 1. The number of alkyl halides is 1. The van der Waals surface area contributed by atoms with Gasteiger partial charge in [0, 0.05) is 5.92 Å². The SMILES string of the molecule is O=C1C(Br)=C(c2ccc(O)cc2)C2CCCC12F. The van der Waals surface area contributed by atoms with Crippen molar-refractivity contribution in [1.29, 1.82) is 0 Å². The quantitative estimate of drug-likeness (QED) is 0.860. The molecule has 2 unspecified atom stereocenters. The van der Waals surface area contributed by atoms with Gasteiger partial charge in [0.05, 0.1) is 4.48 Å². The first-order valence-electron chi connectivity index (χ1n) is 5.97. The minimum atomic E-state index is -1.72. The lowest BCUT2D eigenvalue weighted by atomic mass is 9.88. The number of benzene rings is 1. The molecule has 2 nitrogen and oxygen atoms in total. The molecule has 1 fully saturated rings. The van der Waals surface area contributed by atoms with E-state index in [1.807, 2.05) is 0 Å². The molecule has 0 aromatic heterocycles. The van der Waals surface area contributed by atoms with Crippen molar-refractivity contribution in [3.8, 4) is 5.75 Å². The van der Waals surface area contributed by atoms with E-state index < -0.39 is 11.5 Å². The van der Waals surface area contributed by atoms with Crippen LogP contribution >= 0.6 is 15.9 Å². The van der Waals surface area contributed by atoms with Gasteiger partial charge in [-0.2, -0.15) is 0 Å². The van der Waals surface area contributed by atoms with Gasteiger partial charge >= 0.3 is 0 Å². The number of carbonyl (C=O) groups excluding carboxylic acids is 1. The number of carbonyl (C=O) groups is 1. The topological polar surface area (TPSA) is 37.3 Å². The molecule has 2 aliphatic rings. The molecule has 2 aliphatic carbocycles. The third-order valence-corrected chi connectivity index (χ3v) is 4.71. The molecular formula is C14H12BrFO2. The van der Waals surface area contributed by atoms with Crippen molar-refractivity contribution in [3.63, 3.8) is 0 Å². The molecule has 3 rings (SSSR count). The van der Waals surface area contributed by atoms with E-state index in [4.69, 9.17) is 0 Å². The van der Waals surface area contributed by atoms with Gasteiger partial charge in [0.15, 0.2) is 5.67 Å². The second-order valence-corrected chi connectivity index (χ2v) is 5.70. The van der Waals surface area contributed by atoms with E-state index in [9.17, 15) is 14.3 Å². The molecule has 1 N–H and O–H groups in total. The second kappa shape index (κ2) is 3.92. The van der Waals surface area contributed by atoms with E-state index in [0.29, 0.717) is 17.3 Å². The maximum atomic E-state index is 14.7. The first kappa shape index (κ1) is 11.9. The molecule has 0 radical (unpaired) electrons. The number of halogens is 2. The summed E-state index contributed by atoms with van der Waals surface area (Å²) in [4.78, 5) is 12.0. The van der Waals surface area contributed by atoms with Crippen molar-refractivity contribution < 1.29 is 14.3 Å². The standard InChI is InChI=1S/C14H12BrFO2/c15-12-11(8-3-5-9(17)6-4-8)10-2-1-7-14(10,16)13(12)18/h3-6,10,17H,1-2,7H2. The van der Waals surface area contributed by atoms with Crippen molar-refractivity contribution in [1.82, 2.24) is 0 Å². The smallest absolute Gasteiger partial charge is 0.207 e. The lowest BCUT2D eigenvalue weighted by molar-refractivity contribution is -0.125. The average Bonchev–Trinajstić information content (AvgIpc) is 2.81. The fourth-order valence-corrected chi connectivity index (χ4v) is 3.87. The van der Waals surface area contributed by atoms with Crippen LogP contribution in [-0.2, 0) is 4.79 Å². The van der Waals surface area contributed by atoms with Gasteiger partial charge < -0.3 is 5.11 Å². The third-order valence-electron chi connectivity index (χ3n) is 3.93. The number of hydrogen-bond acceptors (Lipinski definition) is 2. The van der Waals surface area contributed by atoms with E-state index in [1.54, 1.807) is 24.3 Å². The predicted octanol–water partition coefficient (Wildman–Crippen LogP) is 3.59. The van der Waals surface area contributed by atoms with Crippen LogP contribution in [0.5, 0.6) is 5.75 Å². The number of aromatic hydroxyl groups is 1. The molecule has 94 valence electrons. The molecule has 1 aromatic rings. The van der Waals surface area contributed by atoms with Crippen molar-refractivity contribution in [3.05, 3.63) is 34.3 Å². The number of ketones is 1. The van der Waals surface area contributed by atoms with Crippen LogP contribution in [0.4, 0.5) is 4.39 Å². The maximum Gasteiger partial charge on any atom is 0.207 e. The Labute approximate surface area is 113 Å². The van der Waals surface area contributed by atoms with E-state index in [1.165, 1.54) is 0 Å². The van der Waals surface area contributed by atoms with E-state index in [0.717, 1.165) is 17.6 Å². The summed E-state index contributed by atoms with van der Waals surface area (Å²) in [6.45, 7) is 0. The van der Waals surface area contributed by atoms with Crippen LogP contribution in [0.15, 0.2) is 28.7 Å². The van der Waals surface area contributed by atoms with Crippen LogP contribution in [0, 0.1) is 5.92 Å². The number of fused-ring (bicyclic) bond motifs is 1. The highest BCUT2D eigenvalue weighted by molar-refractivity contribution is 9.12. The van der Waals surface area contributed by atoms with Gasteiger partial charge in [-0.15, -0.1) is 0 Å². The fourth-order valence-electron chi connectivity index (χ4n) is 3.04. The molecule has 0 saturated heterocycles. The maximum absolute atomic E-state index is 14.7. The number of Topliss-reactive ketones (excluding diaryl/α,β-unsaturated/α-hetero) is 1. The van der Waals surface area contributed by atoms with Crippen molar-refractivity contribution in [2.45, 2.75) is 24.9 Å². The molecule has 0 amide bonds. The molecule has 18 heavy (non-hydrogen) atoms. The summed E-state index contributed by atoms with van der Waals surface area (Å²) in [6.07, 6.45) is 1.76. The van der Waals surface area contributed by atoms with Crippen LogP contribution in [-0.4, -0.2) is 16.6 Å². The van der Waals surface area contributed by atoms with Crippen molar-refractivity contribution in [2.75, 3.05) is 0 Å². The zero-order valence-electron chi connectivity index (χ0n) is 9.62. The highest BCUT2D eigenvalue weighted by atomic mass is 79.9. The Bertz CT molecular complexity index is 549. The summed E-state index contributed by atoms with van der Waals surface area (Å²) in [6, 6.07) is 6.56. The number of phenols is 1. The van der Waals surface area contributed by atoms with Gasteiger partial charge in [0.1, 0.15) is 5.75 Å². The van der Waals surface area contributed by atoms with Crippen LogP contribution in [0.2, 0.25) is 0 Å². The molecule has 2 atom stereocenters. The zero-order chi connectivity index (χ0) is 12.9. The average molecular weight is 311 g/mol. The molecule has 1 aromatic carbocycles. The highest BCUT2D eigenvalue weighted by Crippen LogP contribution is 2.55. The van der Waals surface area contributed by atoms with E-state index in [-0.39, 0.29) is 11.7 Å². The Morgan fingerprint density at radius 2 is 2.00 bits per heavy atom. The normalized spacial score (nSPS) is 31.0. The first-order chi connectivity index (χ1) is 8.54. The summed E-state index contributed by atoms with van der Waals surface area (Å²) < 4.78 is 15.0. The molecule has 0 bridgehead atoms. The summed E-state index contributed by atoms with van der Waals surface area (Å²) in [5, 5.41) is 9.29. The number of allylic oxidation sites excluding steroid dienone is 2. The number of hydrogen-bond donors (Lipinski definition) is 1. The molecule has 0 aliphatic heterocycles. The largest absolute Gasteiger partial charge is 0.508 e. The van der Waals surface area contributed by atoms with E-state index in [2.05, 4.69) is 15.9 Å². The lowest BCUT2D eigenvalue weighted by Gasteiger charge is -2.19. The predicted molar refractivity (Wildman–Crippen MR) is 70.1 cm³/mol. The monoisotopic (exact) mass is 310 g/mol. The van der Waals surface area contributed by atoms with Gasteiger partial charge in [-0.05, 0) is 58.5 Å². The molecule has 0 heterocycles. The van der Waals surface area contributed by atoms with Gasteiger partial charge in [-0.3, -0.25) is 4.79 Å². The highest BCUT2D eigenvalue weighted by Gasteiger charge is 2.57. The Morgan fingerprint density at radius 3 is 2.67 bits per heavy atom. The van der Waals surface area contributed by atoms with Crippen LogP contribution in [0.3, 0.4) is 0 Å². The Kier molecular flexibility index (Phi) is 2.59. The lowest BCUT2D eigenvalue weighted by Crippen LogP contribution is -2.32. The van der Waals surface area contributed by atoms with Crippen molar-refractivity contribution in [2.24, 2.45) is 5.92 Å². The molecular weight excluding hydrogens is 299 g/mol. The van der Waals surface area contributed by atoms with Gasteiger partial charge in [-0.25, -0.2) is 4.39 Å². The zero-order valence-corrected chi connectivity index (χ0v) is 11.2. The van der Waals surface area contributed by atoms with Gasteiger partial charge in [0.25, 0.3) is 0 Å². The van der Waals surface area contributed by atoms with E-state index >= 15 is 0 Å². The molecule has 0 spiro atoms. The third kappa shape index (κ3) is 1.48. The minimum Gasteiger partial charge on any atom is -0.508 e. The summed E-state index contributed by atoms with van der Waals surface area (Å²) in [7, 11) is 0. The van der Waals surface area contributed by atoms with Gasteiger partial charge in [-0.1, -0.05) is 12.1 Å². The van der Waals surface area contributed by atoms with Crippen molar-refractivity contribution >= 4 is 27.3 Å².